The van der Waals surface area contributed by atoms with E-state index in [1.165, 1.54) is 0 Å². The summed E-state index contributed by atoms with van der Waals surface area (Å²) in [6.07, 6.45) is 2.73. The number of rotatable bonds is 4. The molecule has 0 aliphatic carbocycles. The Morgan fingerprint density at radius 1 is 0.929 bits per heavy atom. The Morgan fingerprint density at radius 2 is 1.46 bits per heavy atom. The van der Waals surface area contributed by atoms with Gasteiger partial charge in [0.1, 0.15) is 0 Å². The van der Waals surface area contributed by atoms with Crippen LogP contribution in [0.1, 0.15) is 43.0 Å². The summed E-state index contributed by atoms with van der Waals surface area (Å²) < 4.78 is 6.03. The van der Waals surface area contributed by atoms with Gasteiger partial charge in [-0.2, -0.15) is 0 Å². The maximum atomic E-state index is 12.8. The van der Waals surface area contributed by atoms with Crippen molar-refractivity contribution in [2.45, 2.75) is 32.6 Å². The third-order valence-electron chi connectivity index (χ3n) is 5.65. The molecule has 152 valence electrons. The normalized spacial score (nSPS) is 18.8. The first kappa shape index (κ1) is 20.8. The molecule has 0 spiro atoms. The molecular formula is C21H27BrN2O4. The van der Waals surface area contributed by atoms with Crippen LogP contribution in [0, 0.1) is 11.8 Å². The number of likely N-dealkylation sites (tertiary alicyclic amines) is 2. The van der Waals surface area contributed by atoms with Crippen molar-refractivity contribution in [1.82, 2.24) is 9.80 Å². The standard InChI is InChI=1S/C21H27BrN2O4/c1-2-28-21(27)17-9-13-24(14-10-17)20(26)16-7-11-23(12-8-16)19(25)15-3-5-18(22)6-4-15/h3-6,16-17H,2,7-14H2,1H3. The molecule has 28 heavy (non-hydrogen) atoms. The molecule has 2 heterocycles. The van der Waals surface area contributed by atoms with Crippen LogP contribution in [0.2, 0.25) is 0 Å². The van der Waals surface area contributed by atoms with Crippen molar-refractivity contribution >= 4 is 33.7 Å². The fraction of sp³-hybridized carbons (Fsp3) is 0.571. The zero-order valence-corrected chi connectivity index (χ0v) is 17.8. The highest BCUT2D eigenvalue weighted by Crippen LogP contribution is 2.25. The van der Waals surface area contributed by atoms with Crippen LogP contribution in [0.15, 0.2) is 28.7 Å². The molecule has 0 atom stereocenters. The molecule has 2 aliphatic rings. The van der Waals surface area contributed by atoms with E-state index in [1.807, 2.05) is 41.0 Å². The molecule has 2 aliphatic heterocycles. The minimum atomic E-state index is -0.144. The van der Waals surface area contributed by atoms with E-state index in [1.54, 1.807) is 0 Å². The van der Waals surface area contributed by atoms with E-state index < -0.39 is 0 Å². The lowest BCUT2D eigenvalue weighted by molar-refractivity contribution is -0.152. The van der Waals surface area contributed by atoms with E-state index >= 15 is 0 Å². The first-order valence-electron chi connectivity index (χ1n) is 10.00. The molecule has 0 saturated carbocycles. The number of hydrogen-bond donors (Lipinski definition) is 0. The molecule has 3 rings (SSSR count). The third-order valence-corrected chi connectivity index (χ3v) is 6.18. The number of esters is 1. The van der Waals surface area contributed by atoms with Gasteiger partial charge in [0.05, 0.1) is 12.5 Å². The van der Waals surface area contributed by atoms with Gasteiger partial charge in [-0.25, -0.2) is 0 Å². The molecule has 2 amide bonds. The zero-order valence-electron chi connectivity index (χ0n) is 16.2. The Bertz CT molecular complexity index is 706. The summed E-state index contributed by atoms with van der Waals surface area (Å²) in [5.74, 6) is -0.0800. The monoisotopic (exact) mass is 450 g/mol. The maximum absolute atomic E-state index is 12.8. The minimum absolute atomic E-state index is 0.0219. The number of benzene rings is 1. The van der Waals surface area contributed by atoms with Crippen LogP contribution >= 0.6 is 15.9 Å². The number of amides is 2. The van der Waals surface area contributed by atoms with Crippen molar-refractivity contribution in [1.29, 1.82) is 0 Å². The van der Waals surface area contributed by atoms with Crippen LogP contribution in [0.4, 0.5) is 0 Å². The van der Waals surface area contributed by atoms with Crippen LogP contribution in [0.3, 0.4) is 0 Å². The van der Waals surface area contributed by atoms with Crippen LogP contribution in [0.5, 0.6) is 0 Å². The maximum Gasteiger partial charge on any atom is 0.309 e. The highest BCUT2D eigenvalue weighted by Gasteiger charge is 2.33. The SMILES string of the molecule is CCOC(=O)C1CCN(C(=O)C2CCN(C(=O)c3ccc(Br)cc3)CC2)CC1. The molecule has 0 N–H and O–H groups in total. The first-order chi connectivity index (χ1) is 13.5. The molecule has 1 aromatic carbocycles. The Labute approximate surface area is 174 Å². The van der Waals surface area contributed by atoms with Gasteiger partial charge in [0, 0.05) is 42.1 Å². The van der Waals surface area contributed by atoms with Gasteiger partial charge in [-0.15, -0.1) is 0 Å². The van der Waals surface area contributed by atoms with E-state index in [9.17, 15) is 14.4 Å². The number of ether oxygens (including phenoxy) is 1. The van der Waals surface area contributed by atoms with E-state index in [4.69, 9.17) is 4.74 Å². The minimum Gasteiger partial charge on any atom is -0.466 e. The molecule has 0 unspecified atom stereocenters. The largest absolute Gasteiger partial charge is 0.466 e. The summed E-state index contributed by atoms with van der Waals surface area (Å²) in [5, 5.41) is 0. The smallest absolute Gasteiger partial charge is 0.309 e. The molecule has 0 aromatic heterocycles. The molecule has 2 saturated heterocycles. The van der Waals surface area contributed by atoms with Gasteiger partial charge < -0.3 is 14.5 Å². The fourth-order valence-corrected chi connectivity index (χ4v) is 4.22. The lowest BCUT2D eigenvalue weighted by atomic mass is 9.92. The van der Waals surface area contributed by atoms with E-state index in [0.29, 0.717) is 64.0 Å². The van der Waals surface area contributed by atoms with Gasteiger partial charge >= 0.3 is 5.97 Å². The van der Waals surface area contributed by atoms with Crippen molar-refractivity contribution in [3.63, 3.8) is 0 Å². The van der Waals surface area contributed by atoms with Crippen LogP contribution < -0.4 is 0 Å². The number of carbonyl (C=O) groups excluding carboxylic acids is 3. The molecule has 7 heteroatoms. The van der Waals surface area contributed by atoms with Gasteiger partial charge in [0.25, 0.3) is 5.91 Å². The van der Waals surface area contributed by atoms with Gasteiger partial charge in [0.15, 0.2) is 0 Å². The number of hydrogen-bond acceptors (Lipinski definition) is 4. The Kier molecular flexibility index (Phi) is 7.10. The Hall–Kier alpha value is -1.89. The molecule has 0 bridgehead atoms. The predicted octanol–water partition coefficient (Wildman–Crippen LogP) is 3.10. The number of carbonyl (C=O) groups is 3. The van der Waals surface area contributed by atoms with Crippen molar-refractivity contribution in [3.05, 3.63) is 34.3 Å². The summed E-state index contributed by atoms with van der Waals surface area (Å²) in [4.78, 5) is 41.0. The number of piperidine rings is 2. The summed E-state index contributed by atoms with van der Waals surface area (Å²) in [6.45, 7) is 4.63. The second kappa shape index (κ2) is 9.54. The van der Waals surface area contributed by atoms with E-state index in [2.05, 4.69) is 15.9 Å². The average Bonchev–Trinajstić information content (AvgIpc) is 2.74. The van der Waals surface area contributed by atoms with Crippen LogP contribution in [0.25, 0.3) is 0 Å². The highest BCUT2D eigenvalue weighted by atomic mass is 79.9. The zero-order chi connectivity index (χ0) is 20.1. The predicted molar refractivity (Wildman–Crippen MR) is 109 cm³/mol. The number of halogens is 1. The summed E-state index contributed by atoms with van der Waals surface area (Å²) >= 11 is 3.38. The van der Waals surface area contributed by atoms with Crippen molar-refractivity contribution in [2.75, 3.05) is 32.8 Å². The van der Waals surface area contributed by atoms with Gasteiger partial charge in [-0.05, 0) is 56.9 Å². The van der Waals surface area contributed by atoms with E-state index in [-0.39, 0.29) is 29.6 Å². The average molecular weight is 451 g/mol. The molecular weight excluding hydrogens is 424 g/mol. The van der Waals surface area contributed by atoms with Crippen LogP contribution in [-0.2, 0) is 14.3 Å². The lowest BCUT2D eigenvalue weighted by Gasteiger charge is -2.37. The van der Waals surface area contributed by atoms with Crippen molar-refractivity contribution in [3.8, 4) is 0 Å². The molecule has 1 aromatic rings. The molecule has 6 nitrogen and oxygen atoms in total. The Balaban J connectivity index is 1.47. The van der Waals surface area contributed by atoms with Crippen LogP contribution in [-0.4, -0.2) is 60.4 Å². The lowest BCUT2D eigenvalue weighted by Crippen LogP contribution is -2.47. The third kappa shape index (κ3) is 4.93. The molecule has 0 radical (unpaired) electrons. The van der Waals surface area contributed by atoms with Gasteiger partial charge in [-0.3, -0.25) is 14.4 Å². The van der Waals surface area contributed by atoms with Gasteiger partial charge in [0.2, 0.25) is 5.91 Å². The highest BCUT2D eigenvalue weighted by molar-refractivity contribution is 9.10. The Morgan fingerprint density at radius 3 is 2.04 bits per heavy atom. The second-order valence-corrected chi connectivity index (χ2v) is 8.34. The summed E-state index contributed by atoms with van der Waals surface area (Å²) in [7, 11) is 0. The fourth-order valence-electron chi connectivity index (χ4n) is 3.96. The van der Waals surface area contributed by atoms with Crippen molar-refractivity contribution in [2.24, 2.45) is 11.8 Å². The van der Waals surface area contributed by atoms with Crippen molar-refractivity contribution < 1.29 is 19.1 Å². The first-order valence-corrected chi connectivity index (χ1v) is 10.8. The topological polar surface area (TPSA) is 66.9 Å². The summed E-state index contributed by atoms with van der Waals surface area (Å²) in [6, 6.07) is 7.36. The quantitative estimate of drug-likeness (QED) is 0.660. The number of nitrogens with zero attached hydrogens (tertiary/aromatic N) is 2. The van der Waals surface area contributed by atoms with Gasteiger partial charge in [-0.1, -0.05) is 15.9 Å². The molecule has 2 fully saturated rings. The summed E-state index contributed by atoms with van der Waals surface area (Å²) in [5.41, 5.74) is 0.675. The second-order valence-electron chi connectivity index (χ2n) is 7.42. The van der Waals surface area contributed by atoms with E-state index in [0.717, 1.165) is 4.47 Å².